The molecule has 0 unspecified atom stereocenters. The number of hydrogen-bond acceptors (Lipinski definition) is 5. The Morgan fingerprint density at radius 2 is 1.95 bits per heavy atom. The molecule has 0 bridgehead atoms. The van der Waals surface area contributed by atoms with E-state index in [2.05, 4.69) is 5.32 Å². The molecular weight excluding hydrogens is 266 g/mol. The molecule has 0 saturated heterocycles. The molecule has 0 radical (unpaired) electrons. The molecule has 6 nitrogen and oxygen atoms in total. The second-order valence-corrected chi connectivity index (χ2v) is 7.67. The highest BCUT2D eigenvalue weighted by atomic mass is 32.2. The van der Waals surface area contributed by atoms with Gasteiger partial charge in [-0.05, 0) is 26.0 Å². The van der Waals surface area contributed by atoms with Crippen molar-refractivity contribution in [1.82, 2.24) is 0 Å². The predicted octanol–water partition coefficient (Wildman–Crippen LogP) is 0.603. The number of nitrogens with one attached hydrogen (secondary N) is 1. The van der Waals surface area contributed by atoms with Gasteiger partial charge in [0, 0.05) is 12.8 Å². The smallest absolute Gasteiger partial charge is 0.250 e. The normalized spacial score (nSPS) is 12.2. The van der Waals surface area contributed by atoms with Crippen LogP contribution in [0.2, 0.25) is 0 Å². The van der Waals surface area contributed by atoms with Gasteiger partial charge in [0.15, 0.2) is 9.84 Å². The van der Waals surface area contributed by atoms with Crippen LogP contribution in [0.4, 0.5) is 11.4 Å². The SMILES string of the molecule is CC(C)(CNc1cccc(C(N)=O)c1N)S(C)(=O)=O. The molecule has 0 aliphatic carbocycles. The second-order valence-electron chi connectivity index (χ2n) is 5.02. The minimum absolute atomic E-state index is 0.179. The molecule has 5 N–H and O–H groups in total. The molecule has 0 aromatic heterocycles. The quantitative estimate of drug-likeness (QED) is 0.685. The molecule has 1 rings (SSSR count). The number of para-hydroxylation sites is 1. The molecule has 1 aromatic carbocycles. The Labute approximate surface area is 113 Å². The molecule has 0 atom stereocenters. The monoisotopic (exact) mass is 285 g/mol. The van der Waals surface area contributed by atoms with Crippen LogP contribution in [0.5, 0.6) is 0 Å². The minimum Gasteiger partial charge on any atom is -0.396 e. The summed E-state index contributed by atoms with van der Waals surface area (Å²) >= 11 is 0. The van der Waals surface area contributed by atoms with Gasteiger partial charge in [-0.15, -0.1) is 0 Å². The molecule has 7 heteroatoms. The lowest BCUT2D eigenvalue weighted by atomic mass is 10.1. The highest BCUT2D eigenvalue weighted by Crippen LogP contribution is 2.24. The fourth-order valence-corrected chi connectivity index (χ4v) is 1.71. The van der Waals surface area contributed by atoms with E-state index in [0.717, 1.165) is 0 Å². The number of sulfone groups is 1. The number of amides is 1. The van der Waals surface area contributed by atoms with E-state index in [9.17, 15) is 13.2 Å². The van der Waals surface area contributed by atoms with E-state index in [0.29, 0.717) is 5.69 Å². The van der Waals surface area contributed by atoms with E-state index in [1.807, 2.05) is 0 Å². The average molecular weight is 285 g/mol. The van der Waals surface area contributed by atoms with Gasteiger partial charge in [-0.1, -0.05) is 6.07 Å². The van der Waals surface area contributed by atoms with E-state index < -0.39 is 20.5 Å². The lowest BCUT2D eigenvalue weighted by Gasteiger charge is -2.24. The summed E-state index contributed by atoms with van der Waals surface area (Å²) in [5.41, 5.74) is 11.9. The van der Waals surface area contributed by atoms with Crippen LogP contribution in [-0.2, 0) is 9.84 Å². The summed E-state index contributed by atoms with van der Waals surface area (Å²) in [6, 6.07) is 4.82. The number of primary amides is 1. The molecule has 0 fully saturated rings. The van der Waals surface area contributed by atoms with Gasteiger partial charge in [-0.3, -0.25) is 4.79 Å². The van der Waals surface area contributed by atoms with Gasteiger partial charge in [0.2, 0.25) is 0 Å². The third kappa shape index (κ3) is 3.37. The fourth-order valence-electron chi connectivity index (χ4n) is 1.37. The Morgan fingerprint density at radius 1 is 1.37 bits per heavy atom. The molecule has 0 aliphatic rings. The molecule has 1 amide bonds. The Hall–Kier alpha value is -1.76. The Morgan fingerprint density at radius 3 is 2.42 bits per heavy atom. The third-order valence-corrected chi connectivity index (χ3v) is 5.23. The largest absolute Gasteiger partial charge is 0.396 e. The van der Waals surface area contributed by atoms with Crippen LogP contribution in [0.25, 0.3) is 0 Å². The number of carbonyl (C=O) groups is 1. The summed E-state index contributed by atoms with van der Waals surface area (Å²) in [6.45, 7) is 3.41. The first-order valence-electron chi connectivity index (χ1n) is 5.68. The van der Waals surface area contributed by atoms with Crippen molar-refractivity contribution >= 4 is 27.1 Å². The van der Waals surface area contributed by atoms with Crippen molar-refractivity contribution in [2.24, 2.45) is 5.73 Å². The van der Waals surface area contributed by atoms with Crippen LogP contribution < -0.4 is 16.8 Å². The predicted molar refractivity (Wildman–Crippen MR) is 76.8 cm³/mol. The van der Waals surface area contributed by atoms with E-state index in [4.69, 9.17) is 11.5 Å². The zero-order valence-corrected chi connectivity index (χ0v) is 12.0. The number of carbonyl (C=O) groups excluding carboxylic acids is 1. The first-order chi connectivity index (χ1) is 8.56. The lowest BCUT2D eigenvalue weighted by Crippen LogP contribution is -2.38. The second kappa shape index (κ2) is 5.08. The number of hydrogen-bond donors (Lipinski definition) is 3. The van der Waals surface area contributed by atoms with Gasteiger partial charge in [0.1, 0.15) is 0 Å². The van der Waals surface area contributed by atoms with Crippen LogP contribution in [0.1, 0.15) is 24.2 Å². The van der Waals surface area contributed by atoms with E-state index in [1.54, 1.807) is 26.0 Å². The molecule has 0 heterocycles. The summed E-state index contributed by atoms with van der Waals surface area (Å²) in [6.07, 6.45) is 1.18. The molecule has 106 valence electrons. The first kappa shape index (κ1) is 15.3. The lowest BCUT2D eigenvalue weighted by molar-refractivity contribution is 0.100. The van der Waals surface area contributed by atoms with E-state index in [-0.39, 0.29) is 17.8 Å². The summed E-state index contributed by atoms with van der Waals surface area (Å²) in [4.78, 5) is 11.2. The number of anilines is 2. The van der Waals surface area contributed by atoms with Gasteiger partial charge >= 0.3 is 0 Å². The van der Waals surface area contributed by atoms with Gasteiger partial charge in [0.05, 0.1) is 21.7 Å². The van der Waals surface area contributed by atoms with Crippen molar-refractivity contribution in [3.8, 4) is 0 Å². The first-order valence-corrected chi connectivity index (χ1v) is 7.57. The summed E-state index contributed by atoms with van der Waals surface area (Å²) in [7, 11) is -3.21. The summed E-state index contributed by atoms with van der Waals surface area (Å²) in [5.74, 6) is -0.622. The fraction of sp³-hybridized carbons (Fsp3) is 0.417. The van der Waals surface area contributed by atoms with Crippen LogP contribution in [-0.4, -0.2) is 31.9 Å². The van der Waals surface area contributed by atoms with Gasteiger partial charge in [0.25, 0.3) is 5.91 Å². The van der Waals surface area contributed by atoms with Crippen LogP contribution in [0, 0.1) is 0 Å². The number of rotatable bonds is 5. The Kier molecular flexibility index (Phi) is 4.09. The van der Waals surface area contributed by atoms with Crippen molar-refractivity contribution in [2.45, 2.75) is 18.6 Å². The minimum atomic E-state index is -3.21. The maximum absolute atomic E-state index is 11.6. The molecular formula is C12H19N3O3S. The van der Waals surface area contributed by atoms with Crippen molar-refractivity contribution in [1.29, 1.82) is 0 Å². The maximum Gasteiger partial charge on any atom is 0.250 e. The molecule has 0 spiro atoms. The van der Waals surface area contributed by atoms with Crippen molar-refractivity contribution in [3.05, 3.63) is 23.8 Å². The average Bonchev–Trinajstić information content (AvgIpc) is 2.25. The number of nitrogen functional groups attached to an aromatic ring is 1. The maximum atomic E-state index is 11.6. The molecule has 19 heavy (non-hydrogen) atoms. The van der Waals surface area contributed by atoms with Crippen LogP contribution in [0.3, 0.4) is 0 Å². The highest BCUT2D eigenvalue weighted by Gasteiger charge is 2.30. The zero-order chi connectivity index (χ0) is 14.8. The zero-order valence-electron chi connectivity index (χ0n) is 11.2. The number of benzene rings is 1. The summed E-state index contributed by atoms with van der Waals surface area (Å²) < 4.78 is 22.2. The van der Waals surface area contributed by atoms with E-state index in [1.165, 1.54) is 12.3 Å². The van der Waals surface area contributed by atoms with Crippen molar-refractivity contribution in [2.75, 3.05) is 23.9 Å². The Bertz CT molecular complexity index is 594. The van der Waals surface area contributed by atoms with Crippen LogP contribution in [0.15, 0.2) is 18.2 Å². The third-order valence-electron chi connectivity index (χ3n) is 3.08. The van der Waals surface area contributed by atoms with Crippen LogP contribution >= 0.6 is 0 Å². The van der Waals surface area contributed by atoms with E-state index >= 15 is 0 Å². The van der Waals surface area contributed by atoms with Gasteiger partial charge in [-0.2, -0.15) is 0 Å². The summed E-state index contributed by atoms with van der Waals surface area (Å²) in [5, 5.41) is 2.94. The van der Waals surface area contributed by atoms with Gasteiger partial charge < -0.3 is 16.8 Å². The van der Waals surface area contributed by atoms with Gasteiger partial charge in [-0.25, -0.2) is 8.42 Å². The van der Waals surface area contributed by atoms with Crippen molar-refractivity contribution in [3.63, 3.8) is 0 Å². The molecule has 1 aromatic rings. The Balaban J connectivity index is 2.97. The molecule has 0 aliphatic heterocycles. The van der Waals surface area contributed by atoms with Crippen molar-refractivity contribution < 1.29 is 13.2 Å². The highest BCUT2D eigenvalue weighted by molar-refractivity contribution is 7.92. The molecule has 0 saturated carbocycles. The number of nitrogens with two attached hydrogens (primary N) is 2. The topological polar surface area (TPSA) is 115 Å². The standard InChI is InChI=1S/C12H19N3O3S/c1-12(2,19(3,17)18)7-15-9-6-4-5-8(10(9)13)11(14)16/h4-6,15H,7,13H2,1-3H3,(H2,14,16).